The number of rotatable bonds is 6. The SMILES string of the molecule is CC(C)Cn1c(N)c(C(=O)COC(=O)c2cc3c(s2)CC[C@H](C)C3)c(=O)n(C)c1=O. The average molecular weight is 434 g/mol. The van der Waals surface area contributed by atoms with Gasteiger partial charge >= 0.3 is 11.7 Å². The molecule has 1 aliphatic carbocycles. The highest BCUT2D eigenvalue weighted by molar-refractivity contribution is 7.14. The summed E-state index contributed by atoms with van der Waals surface area (Å²) < 4.78 is 7.23. The van der Waals surface area contributed by atoms with Crippen LogP contribution in [0.4, 0.5) is 5.82 Å². The third kappa shape index (κ3) is 4.26. The second-order valence-corrected chi connectivity index (χ2v) is 9.45. The van der Waals surface area contributed by atoms with Crippen LogP contribution in [-0.2, 0) is 31.2 Å². The standard InChI is InChI=1S/C21H27N3O5S/c1-11(2)9-24-18(22)17(19(26)23(4)21(24)28)14(25)10-29-20(27)16-8-13-7-12(3)5-6-15(13)30-16/h8,11-12H,5-7,9-10,22H2,1-4H3/t12-/m0/s1. The highest BCUT2D eigenvalue weighted by atomic mass is 32.1. The molecule has 1 atom stereocenters. The molecule has 1 aliphatic rings. The quantitative estimate of drug-likeness (QED) is 0.551. The van der Waals surface area contributed by atoms with E-state index >= 15 is 0 Å². The van der Waals surface area contributed by atoms with E-state index < -0.39 is 29.6 Å². The summed E-state index contributed by atoms with van der Waals surface area (Å²) in [5, 5.41) is 0. The first-order valence-electron chi connectivity index (χ1n) is 10.0. The number of hydrogen-bond acceptors (Lipinski definition) is 7. The first-order chi connectivity index (χ1) is 14.1. The molecule has 162 valence electrons. The van der Waals surface area contributed by atoms with Gasteiger partial charge in [-0.2, -0.15) is 0 Å². The van der Waals surface area contributed by atoms with Crippen molar-refractivity contribution >= 4 is 28.9 Å². The largest absolute Gasteiger partial charge is 0.453 e. The summed E-state index contributed by atoms with van der Waals surface area (Å²) in [4.78, 5) is 51.6. The Morgan fingerprint density at radius 3 is 2.70 bits per heavy atom. The zero-order valence-corrected chi connectivity index (χ0v) is 18.5. The minimum absolute atomic E-state index is 0.0795. The Balaban J connectivity index is 1.80. The number of anilines is 1. The van der Waals surface area contributed by atoms with Crippen LogP contribution < -0.4 is 17.0 Å². The van der Waals surface area contributed by atoms with Crippen LogP contribution in [0.2, 0.25) is 0 Å². The number of thiophene rings is 1. The molecule has 0 unspecified atom stereocenters. The van der Waals surface area contributed by atoms with Crippen LogP contribution in [0.15, 0.2) is 15.7 Å². The van der Waals surface area contributed by atoms with Crippen molar-refractivity contribution in [1.82, 2.24) is 9.13 Å². The van der Waals surface area contributed by atoms with Crippen LogP contribution in [0.5, 0.6) is 0 Å². The van der Waals surface area contributed by atoms with Gasteiger partial charge in [-0.25, -0.2) is 9.59 Å². The van der Waals surface area contributed by atoms with Crippen LogP contribution in [0, 0.1) is 11.8 Å². The molecule has 0 amide bonds. The minimum Gasteiger partial charge on any atom is -0.453 e. The lowest BCUT2D eigenvalue weighted by Crippen LogP contribution is -2.43. The second kappa shape index (κ2) is 8.59. The Morgan fingerprint density at radius 2 is 2.03 bits per heavy atom. The Kier molecular flexibility index (Phi) is 6.30. The van der Waals surface area contributed by atoms with E-state index in [2.05, 4.69) is 6.92 Å². The normalized spacial score (nSPS) is 15.8. The van der Waals surface area contributed by atoms with E-state index in [1.165, 1.54) is 27.8 Å². The van der Waals surface area contributed by atoms with Gasteiger partial charge in [-0.05, 0) is 42.7 Å². The monoisotopic (exact) mass is 433 g/mol. The molecule has 3 rings (SSSR count). The van der Waals surface area contributed by atoms with Crippen molar-refractivity contribution in [2.75, 3.05) is 12.3 Å². The van der Waals surface area contributed by atoms with Crippen molar-refractivity contribution < 1.29 is 14.3 Å². The number of aromatic nitrogens is 2. The minimum atomic E-state index is -0.792. The van der Waals surface area contributed by atoms with Crippen molar-refractivity contribution in [3.05, 3.63) is 47.8 Å². The molecule has 0 fully saturated rings. The van der Waals surface area contributed by atoms with Gasteiger partial charge in [0.1, 0.15) is 16.3 Å². The first kappa shape index (κ1) is 22.0. The van der Waals surface area contributed by atoms with Crippen molar-refractivity contribution in [3.63, 3.8) is 0 Å². The summed E-state index contributed by atoms with van der Waals surface area (Å²) in [6, 6.07) is 1.83. The van der Waals surface area contributed by atoms with Crippen molar-refractivity contribution in [2.24, 2.45) is 18.9 Å². The molecule has 2 aromatic rings. The van der Waals surface area contributed by atoms with Gasteiger partial charge in [-0.15, -0.1) is 11.3 Å². The number of ether oxygens (including phenoxy) is 1. The summed E-state index contributed by atoms with van der Waals surface area (Å²) in [7, 11) is 1.29. The fourth-order valence-corrected chi connectivity index (χ4v) is 4.77. The van der Waals surface area contributed by atoms with Crippen molar-refractivity contribution in [2.45, 2.75) is 46.6 Å². The number of Topliss-reactive ketones (excluding diaryl/α,β-unsaturated/α-hetero) is 1. The predicted octanol–water partition coefficient (Wildman–Crippen LogP) is 2.01. The molecule has 0 radical (unpaired) electrons. The van der Waals surface area contributed by atoms with E-state index in [9.17, 15) is 19.2 Å². The van der Waals surface area contributed by atoms with Gasteiger partial charge in [-0.1, -0.05) is 20.8 Å². The van der Waals surface area contributed by atoms with E-state index in [0.717, 1.165) is 29.4 Å². The average Bonchev–Trinajstić information content (AvgIpc) is 3.11. The van der Waals surface area contributed by atoms with Gasteiger partial charge in [0.2, 0.25) is 5.78 Å². The zero-order valence-electron chi connectivity index (χ0n) is 17.7. The maximum absolute atomic E-state index is 12.7. The number of fused-ring (bicyclic) bond motifs is 1. The number of carbonyl (C=O) groups is 2. The molecule has 0 aliphatic heterocycles. The summed E-state index contributed by atoms with van der Waals surface area (Å²) >= 11 is 1.39. The topological polar surface area (TPSA) is 113 Å². The Bertz CT molecular complexity index is 1110. The number of nitrogens with two attached hydrogens (primary N) is 1. The van der Waals surface area contributed by atoms with Crippen LogP contribution in [0.1, 0.15) is 57.7 Å². The molecule has 0 aromatic carbocycles. The zero-order chi connectivity index (χ0) is 22.2. The van der Waals surface area contributed by atoms with E-state index in [0.29, 0.717) is 10.8 Å². The summed E-state index contributed by atoms with van der Waals surface area (Å²) in [6.45, 7) is 5.61. The lowest BCUT2D eigenvalue weighted by molar-refractivity contribution is 0.0479. The smallest absolute Gasteiger partial charge is 0.348 e. The fourth-order valence-electron chi connectivity index (χ4n) is 3.67. The molecule has 2 heterocycles. The first-order valence-corrected chi connectivity index (χ1v) is 10.8. The molecule has 0 saturated heterocycles. The molecule has 2 aromatic heterocycles. The fraction of sp³-hybridized carbons (Fsp3) is 0.524. The molecule has 0 spiro atoms. The molecule has 8 nitrogen and oxygen atoms in total. The summed E-state index contributed by atoms with van der Waals surface area (Å²) in [5.74, 6) is -0.859. The van der Waals surface area contributed by atoms with Crippen molar-refractivity contribution in [1.29, 1.82) is 0 Å². The molecular weight excluding hydrogens is 406 g/mol. The number of carbonyl (C=O) groups excluding carboxylic acids is 2. The maximum Gasteiger partial charge on any atom is 0.348 e. The van der Waals surface area contributed by atoms with Crippen LogP contribution >= 0.6 is 11.3 Å². The molecule has 9 heteroatoms. The Hall–Kier alpha value is -2.68. The van der Waals surface area contributed by atoms with Gasteiger partial charge in [0.05, 0.1) is 0 Å². The molecule has 0 bridgehead atoms. The van der Waals surface area contributed by atoms with Gasteiger partial charge in [-0.3, -0.25) is 18.7 Å². The Labute approximate surface area is 178 Å². The van der Waals surface area contributed by atoms with Crippen LogP contribution in [0.3, 0.4) is 0 Å². The Morgan fingerprint density at radius 1 is 1.33 bits per heavy atom. The number of nitrogen functional groups attached to an aromatic ring is 1. The summed E-state index contributed by atoms with van der Waals surface area (Å²) in [6.07, 6.45) is 2.97. The van der Waals surface area contributed by atoms with E-state index in [1.807, 2.05) is 19.9 Å². The number of nitrogens with zero attached hydrogens (tertiary/aromatic N) is 2. The highest BCUT2D eigenvalue weighted by Crippen LogP contribution is 2.32. The van der Waals surface area contributed by atoms with Crippen LogP contribution in [-0.4, -0.2) is 27.5 Å². The van der Waals surface area contributed by atoms with Gasteiger partial charge in [0.15, 0.2) is 6.61 Å². The van der Waals surface area contributed by atoms with Gasteiger partial charge in [0, 0.05) is 18.5 Å². The number of aryl methyl sites for hydroxylation is 1. The molecular formula is C21H27N3O5S. The van der Waals surface area contributed by atoms with E-state index in [4.69, 9.17) is 10.5 Å². The highest BCUT2D eigenvalue weighted by Gasteiger charge is 2.25. The third-order valence-electron chi connectivity index (χ3n) is 5.27. The lowest BCUT2D eigenvalue weighted by atomic mass is 9.90. The molecule has 30 heavy (non-hydrogen) atoms. The van der Waals surface area contributed by atoms with E-state index in [1.54, 1.807) is 0 Å². The molecule has 0 saturated carbocycles. The second-order valence-electron chi connectivity index (χ2n) is 8.32. The molecule has 2 N–H and O–H groups in total. The maximum atomic E-state index is 12.7. The lowest BCUT2D eigenvalue weighted by Gasteiger charge is -2.16. The number of hydrogen-bond donors (Lipinski definition) is 1. The van der Waals surface area contributed by atoms with E-state index in [-0.39, 0.29) is 23.8 Å². The predicted molar refractivity (Wildman–Crippen MR) is 115 cm³/mol. The van der Waals surface area contributed by atoms with Gasteiger partial charge < -0.3 is 10.5 Å². The third-order valence-corrected chi connectivity index (χ3v) is 6.49. The van der Waals surface area contributed by atoms with Crippen molar-refractivity contribution in [3.8, 4) is 0 Å². The summed E-state index contributed by atoms with van der Waals surface area (Å²) in [5.41, 5.74) is 5.45. The number of ketones is 1. The van der Waals surface area contributed by atoms with Gasteiger partial charge in [0.25, 0.3) is 5.56 Å². The van der Waals surface area contributed by atoms with Crippen LogP contribution in [0.25, 0.3) is 0 Å². The number of esters is 1.